The molecule has 0 aliphatic rings. The Morgan fingerprint density at radius 3 is 2.58 bits per heavy atom. The third-order valence-electron chi connectivity index (χ3n) is 3.82. The Morgan fingerprint density at radius 2 is 1.88 bits per heavy atom. The van der Waals surface area contributed by atoms with Crippen LogP contribution in [-0.4, -0.2) is 22.4 Å². The van der Waals surface area contributed by atoms with E-state index in [-0.39, 0.29) is 11.8 Å². The first-order valence-electron chi connectivity index (χ1n) is 7.92. The van der Waals surface area contributed by atoms with Crippen molar-refractivity contribution in [3.63, 3.8) is 0 Å². The van der Waals surface area contributed by atoms with Crippen molar-refractivity contribution < 1.29 is 4.79 Å². The summed E-state index contributed by atoms with van der Waals surface area (Å²) in [7, 11) is 0. The Kier molecular flexibility index (Phi) is 5.69. The molecule has 0 aliphatic heterocycles. The van der Waals surface area contributed by atoms with E-state index in [1.54, 1.807) is 17.5 Å². The summed E-state index contributed by atoms with van der Waals surface area (Å²) in [6, 6.07) is 15.7. The molecule has 0 bridgehead atoms. The van der Waals surface area contributed by atoms with Crippen LogP contribution in [0.25, 0.3) is 0 Å². The number of hydrogen-bond acceptors (Lipinski definition) is 4. The fraction of sp³-hybridized carbons (Fsp3) is 0.211. The van der Waals surface area contributed by atoms with E-state index in [0.717, 1.165) is 23.4 Å². The first-order valence-corrected chi connectivity index (χ1v) is 8.87. The number of nitrogens with zero attached hydrogens (tertiary/aromatic N) is 2. The van der Waals surface area contributed by atoms with Crippen LogP contribution in [0.1, 0.15) is 22.9 Å². The number of amides is 1. The Morgan fingerprint density at radius 1 is 1.04 bits per heavy atom. The molecule has 2 aromatic heterocycles. The molecule has 3 rings (SSSR count). The Hall–Kier alpha value is -2.53. The van der Waals surface area contributed by atoms with Crippen LogP contribution in [0.4, 0.5) is 0 Å². The molecule has 1 unspecified atom stereocenters. The minimum Gasteiger partial charge on any atom is -0.355 e. The number of carbonyl (C=O) groups excluding carboxylic acids is 1. The van der Waals surface area contributed by atoms with Gasteiger partial charge in [-0.2, -0.15) is 0 Å². The second-order valence-corrected chi connectivity index (χ2v) is 6.23. The van der Waals surface area contributed by atoms with Gasteiger partial charge in [0.1, 0.15) is 0 Å². The zero-order chi connectivity index (χ0) is 16.6. The summed E-state index contributed by atoms with van der Waals surface area (Å²) in [5.41, 5.74) is 4.75. The fourth-order valence-corrected chi connectivity index (χ4v) is 3.17. The molecule has 3 aromatic rings. The average molecular weight is 337 g/mol. The highest BCUT2D eigenvalue weighted by Gasteiger charge is 2.21. The Labute approximate surface area is 145 Å². The molecule has 1 atom stereocenters. The molecular weight excluding hydrogens is 318 g/mol. The second-order valence-electron chi connectivity index (χ2n) is 5.51. The van der Waals surface area contributed by atoms with E-state index in [1.807, 2.05) is 59.4 Å². The van der Waals surface area contributed by atoms with Gasteiger partial charge in [-0.1, -0.05) is 36.4 Å². The zero-order valence-corrected chi connectivity index (χ0v) is 14.1. The van der Waals surface area contributed by atoms with Crippen molar-refractivity contribution in [1.29, 1.82) is 0 Å². The topological polar surface area (TPSA) is 54.9 Å². The molecule has 1 aromatic carbocycles. The summed E-state index contributed by atoms with van der Waals surface area (Å²) in [5.74, 6) is -0.210. The van der Waals surface area contributed by atoms with Crippen molar-refractivity contribution in [2.24, 2.45) is 0 Å². The summed E-state index contributed by atoms with van der Waals surface area (Å²) in [4.78, 5) is 21.3. The van der Waals surface area contributed by atoms with Gasteiger partial charge in [-0.05, 0) is 17.7 Å². The molecular formula is C19H19N3OS. The first kappa shape index (κ1) is 16.3. The van der Waals surface area contributed by atoms with Crippen molar-refractivity contribution in [1.82, 2.24) is 15.3 Å². The zero-order valence-electron chi connectivity index (χ0n) is 13.3. The van der Waals surface area contributed by atoms with Gasteiger partial charge in [-0.25, -0.2) is 4.98 Å². The lowest BCUT2D eigenvalue weighted by molar-refractivity contribution is -0.122. The van der Waals surface area contributed by atoms with E-state index in [4.69, 9.17) is 0 Å². The number of aromatic nitrogens is 2. The smallest absolute Gasteiger partial charge is 0.227 e. The number of nitrogens with one attached hydrogen (secondary N) is 1. The van der Waals surface area contributed by atoms with Crippen LogP contribution in [0.3, 0.4) is 0 Å². The fourth-order valence-electron chi connectivity index (χ4n) is 2.57. The summed E-state index contributed by atoms with van der Waals surface area (Å²) < 4.78 is 0. The molecule has 0 fully saturated rings. The highest BCUT2D eigenvalue weighted by Crippen LogP contribution is 2.20. The lowest BCUT2D eigenvalue weighted by Crippen LogP contribution is -2.32. The summed E-state index contributed by atoms with van der Waals surface area (Å²) in [6.45, 7) is 0.591. The molecule has 24 heavy (non-hydrogen) atoms. The van der Waals surface area contributed by atoms with E-state index in [1.165, 1.54) is 0 Å². The largest absolute Gasteiger partial charge is 0.355 e. The lowest BCUT2D eigenvalue weighted by atomic mass is 9.93. The number of benzene rings is 1. The maximum absolute atomic E-state index is 12.7. The maximum Gasteiger partial charge on any atom is 0.227 e. The molecule has 122 valence electrons. The predicted molar refractivity (Wildman–Crippen MR) is 96.0 cm³/mol. The Balaban J connectivity index is 1.68. The van der Waals surface area contributed by atoms with Crippen molar-refractivity contribution in [2.45, 2.75) is 18.8 Å². The van der Waals surface area contributed by atoms with Crippen LogP contribution in [0.2, 0.25) is 0 Å². The summed E-state index contributed by atoms with van der Waals surface area (Å²) in [6.07, 6.45) is 3.10. The average Bonchev–Trinajstić information content (AvgIpc) is 3.15. The van der Waals surface area contributed by atoms with Gasteiger partial charge in [0.2, 0.25) is 5.91 Å². The molecule has 0 saturated heterocycles. The van der Waals surface area contributed by atoms with Gasteiger partial charge in [0, 0.05) is 36.7 Å². The second kappa shape index (κ2) is 8.36. The number of thiazole rings is 1. The molecule has 4 nitrogen and oxygen atoms in total. The number of rotatable bonds is 7. The van der Waals surface area contributed by atoms with Crippen LogP contribution >= 0.6 is 11.3 Å². The van der Waals surface area contributed by atoms with E-state index in [9.17, 15) is 4.79 Å². The number of carbonyl (C=O) groups is 1. The van der Waals surface area contributed by atoms with Gasteiger partial charge in [-0.15, -0.1) is 11.3 Å². The molecule has 0 radical (unpaired) electrons. The highest BCUT2D eigenvalue weighted by atomic mass is 32.1. The monoisotopic (exact) mass is 337 g/mol. The van der Waals surface area contributed by atoms with E-state index in [0.29, 0.717) is 13.0 Å². The summed E-state index contributed by atoms with van der Waals surface area (Å²) >= 11 is 1.57. The van der Waals surface area contributed by atoms with Gasteiger partial charge in [0.25, 0.3) is 0 Å². The van der Waals surface area contributed by atoms with Crippen LogP contribution in [-0.2, 0) is 17.6 Å². The molecule has 5 heteroatoms. The van der Waals surface area contributed by atoms with Crippen molar-refractivity contribution in [3.05, 3.63) is 82.6 Å². The van der Waals surface area contributed by atoms with Gasteiger partial charge < -0.3 is 5.32 Å². The standard InChI is InChI=1S/C19H19N3OS/c23-19(21-11-9-17-13-24-14-22-17)18(15-6-2-1-3-7-15)12-16-8-4-5-10-20-16/h1-8,10,13-14,18H,9,11-12H2,(H,21,23). The molecule has 1 N–H and O–H groups in total. The van der Waals surface area contributed by atoms with E-state index in [2.05, 4.69) is 15.3 Å². The van der Waals surface area contributed by atoms with Crippen molar-refractivity contribution in [3.8, 4) is 0 Å². The molecule has 2 heterocycles. The number of pyridine rings is 1. The van der Waals surface area contributed by atoms with Gasteiger partial charge >= 0.3 is 0 Å². The predicted octanol–water partition coefficient (Wildman–Crippen LogP) is 3.22. The van der Waals surface area contributed by atoms with Gasteiger partial charge in [-0.3, -0.25) is 9.78 Å². The van der Waals surface area contributed by atoms with Crippen LogP contribution < -0.4 is 5.32 Å². The van der Waals surface area contributed by atoms with Crippen molar-refractivity contribution >= 4 is 17.2 Å². The van der Waals surface area contributed by atoms with E-state index < -0.39 is 0 Å². The first-order chi connectivity index (χ1) is 11.8. The molecule has 1 amide bonds. The summed E-state index contributed by atoms with van der Waals surface area (Å²) in [5, 5.41) is 5.05. The lowest BCUT2D eigenvalue weighted by Gasteiger charge is -2.17. The number of hydrogen-bond donors (Lipinski definition) is 1. The van der Waals surface area contributed by atoms with Gasteiger partial charge in [0.05, 0.1) is 17.1 Å². The SMILES string of the molecule is O=C(NCCc1cscn1)C(Cc1ccccn1)c1ccccc1. The third-order valence-corrected chi connectivity index (χ3v) is 4.46. The quantitative estimate of drug-likeness (QED) is 0.720. The van der Waals surface area contributed by atoms with Crippen LogP contribution in [0, 0.1) is 0 Å². The molecule has 0 aliphatic carbocycles. The normalized spacial score (nSPS) is 11.8. The highest BCUT2D eigenvalue weighted by molar-refractivity contribution is 7.07. The van der Waals surface area contributed by atoms with Crippen LogP contribution in [0.5, 0.6) is 0 Å². The van der Waals surface area contributed by atoms with Crippen molar-refractivity contribution in [2.75, 3.05) is 6.54 Å². The van der Waals surface area contributed by atoms with Crippen LogP contribution in [0.15, 0.2) is 65.6 Å². The molecule has 0 saturated carbocycles. The minimum atomic E-state index is -0.239. The third kappa shape index (κ3) is 4.49. The maximum atomic E-state index is 12.7. The van der Waals surface area contributed by atoms with Gasteiger partial charge in [0.15, 0.2) is 0 Å². The van der Waals surface area contributed by atoms with E-state index >= 15 is 0 Å². The Bertz CT molecular complexity index is 745. The minimum absolute atomic E-state index is 0.0297. The molecule has 0 spiro atoms.